The topological polar surface area (TPSA) is 119 Å². The first-order valence-electron chi connectivity index (χ1n) is 15.2. The van der Waals surface area contributed by atoms with E-state index >= 15 is 0 Å². The third-order valence-electron chi connectivity index (χ3n) is 8.06. The van der Waals surface area contributed by atoms with E-state index in [-0.39, 0.29) is 19.4 Å². The lowest BCUT2D eigenvalue weighted by Crippen LogP contribution is -2.54. The zero-order valence-electron chi connectivity index (χ0n) is 27.0. The maximum Gasteiger partial charge on any atom is 0.312 e. The molecule has 4 rings (SSSR count). The summed E-state index contributed by atoms with van der Waals surface area (Å²) in [5.41, 5.74) is 10.6. The van der Waals surface area contributed by atoms with E-state index in [0.717, 1.165) is 16.8 Å². The summed E-state index contributed by atoms with van der Waals surface area (Å²) in [6.45, 7) is 5.19. The van der Waals surface area contributed by atoms with Crippen molar-refractivity contribution < 1.29 is 23.5 Å². The highest BCUT2D eigenvalue weighted by Gasteiger charge is 2.39. The monoisotopic (exact) mass is 637 g/mol. The number of methoxy groups -OCH3 is 1. The SMILES string of the molecule is C#CCn1c(C)cc(C(C(=O)Nc2ccc(OC)cc2C)N(C(=O)C(Cc2ccccc2)NC(N)=O)c2cccc(CCF)c2)c1C. The number of primary amides is 1. The zero-order valence-corrected chi connectivity index (χ0v) is 27.0. The van der Waals surface area contributed by atoms with Gasteiger partial charge in [0.15, 0.2) is 0 Å². The number of benzene rings is 3. The third-order valence-corrected chi connectivity index (χ3v) is 8.06. The molecule has 2 unspecified atom stereocenters. The molecule has 4 N–H and O–H groups in total. The minimum absolute atomic E-state index is 0.103. The number of urea groups is 1. The van der Waals surface area contributed by atoms with Gasteiger partial charge in [-0.25, -0.2) is 4.79 Å². The van der Waals surface area contributed by atoms with Crippen LogP contribution in [-0.4, -0.2) is 42.2 Å². The lowest BCUT2D eigenvalue weighted by atomic mass is 9.98. The minimum atomic E-state index is -1.24. The highest BCUT2D eigenvalue weighted by atomic mass is 19.1. The van der Waals surface area contributed by atoms with Crippen LogP contribution in [-0.2, 0) is 29.0 Å². The largest absolute Gasteiger partial charge is 0.497 e. The first kappa shape index (κ1) is 34.3. The van der Waals surface area contributed by atoms with Gasteiger partial charge in [0.25, 0.3) is 11.8 Å². The van der Waals surface area contributed by atoms with Crippen molar-refractivity contribution in [3.05, 3.63) is 113 Å². The summed E-state index contributed by atoms with van der Waals surface area (Å²) in [7, 11) is 1.56. The Balaban J connectivity index is 1.95. The molecule has 0 spiro atoms. The summed E-state index contributed by atoms with van der Waals surface area (Å²) < 4.78 is 20.7. The van der Waals surface area contributed by atoms with E-state index in [4.69, 9.17) is 16.9 Å². The molecule has 2 atom stereocenters. The minimum Gasteiger partial charge on any atom is -0.497 e. The van der Waals surface area contributed by atoms with Gasteiger partial charge in [0.05, 0.1) is 20.3 Å². The number of halogens is 1. The van der Waals surface area contributed by atoms with Crippen LogP contribution in [0.3, 0.4) is 0 Å². The number of hydrogen-bond donors (Lipinski definition) is 3. The van der Waals surface area contributed by atoms with E-state index < -0.39 is 36.6 Å². The Hall–Kier alpha value is -5.56. The summed E-state index contributed by atoms with van der Waals surface area (Å²) in [4.78, 5) is 43.1. The van der Waals surface area contributed by atoms with Gasteiger partial charge in [0.2, 0.25) is 0 Å². The highest BCUT2D eigenvalue weighted by Crippen LogP contribution is 2.35. The van der Waals surface area contributed by atoms with Gasteiger partial charge in [-0.15, -0.1) is 6.42 Å². The molecule has 47 heavy (non-hydrogen) atoms. The molecule has 0 aliphatic heterocycles. The standard InChI is InChI=1S/C37H40FN5O4/c1-6-19-42-25(3)21-31(26(42)4)34(35(44)40-32-16-15-30(47-5)20-24(32)2)43(29-14-10-13-28(22-29)17-18-38)36(45)33(41-37(39)46)23-27-11-8-7-9-12-27/h1,7-16,20-22,33-34H,17-19,23H2,2-5H3,(H,40,44)(H3,39,41,46). The predicted octanol–water partition coefficient (Wildman–Crippen LogP) is 5.56. The number of rotatable bonds is 13. The molecule has 10 heteroatoms. The van der Waals surface area contributed by atoms with Crippen molar-refractivity contribution in [1.82, 2.24) is 9.88 Å². The molecule has 1 heterocycles. The fourth-order valence-electron chi connectivity index (χ4n) is 5.71. The molecule has 4 amide bonds. The number of aromatic nitrogens is 1. The van der Waals surface area contributed by atoms with Crippen LogP contribution in [0.15, 0.2) is 78.9 Å². The van der Waals surface area contributed by atoms with Crippen LogP contribution >= 0.6 is 0 Å². The number of terminal acetylenes is 1. The number of nitrogens with zero attached hydrogens (tertiary/aromatic N) is 2. The Morgan fingerprint density at radius 3 is 2.36 bits per heavy atom. The first-order valence-corrected chi connectivity index (χ1v) is 15.2. The van der Waals surface area contributed by atoms with Crippen LogP contribution in [0.2, 0.25) is 0 Å². The molecule has 0 bridgehead atoms. The number of carbonyl (C=O) groups excluding carboxylic acids is 3. The van der Waals surface area contributed by atoms with Crippen LogP contribution < -0.4 is 26.0 Å². The fourth-order valence-corrected chi connectivity index (χ4v) is 5.71. The second-order valence-corrected chi connectivity index (χ2v) is 11.3. The van der Waals surface area contributed by atoms with Gasteiger partial charge >= 0.3 is 6.03 Å². The van der Waals surface area contributed by atoms with Crippen molar-refractivity contribution in [3.8, 4) is 18.1 Å². The normalized spacial score (nSPS) is 12.0. The molecule has 0 aliphatic carbocycles. The second-order valence-electron chi connectivity index (χ2n) is 11.3. The van der Waals surface area contributed by atoms with Gasteiger partial charge in [-0.1, -0.05) is 48.4 Å². The molecule has 0 saturated carbocycles. The number of nitrogens with one attached hydrogen (secondary N) is 2. The Kier molecular flexibility index (Phi) is 11.4. The lowest BCUT2D eigenvalue weighted by molar-refractivity contribution is -0.124. The van der Waals surface area contributed by atoms with Gasteiger partial charge in [-0.05, 0) is 73.9 Å². The van der Waals surface area contributed by atoms with Gasteiger partial charge < -0.3 is 25.7 Å². The molecule has 3 aromatic carbocycles. The number of anilines is 2. The van der Waals surface area contributed by atoms with Crippen LogP contribution in [0.4, 0.5) is 20.6 Å². The van der Waals surface area contributed by atoms with Gasteiger partial charge in [0.1, 0.15) is 17.8 Å². The number of amides is 4. The second kappa shape index (κ2) is 15.6. The maximum absolute atomic E-state index is 14.8. The number of ether oxygens (including phenoxy) is 1. The van der Waals surface area contributed by atoms with Crippen molar-refractivity contribution in [2.24, 2.45) is 5.73 Å². The average Bonchev–Trinajstić information content (AvgIpc) is 3.32. The summed E-state index contributed by atoms with van der Waals surface area (Å²) in [6, 6.07) is 19.8. The number of carbonyl (C=O) groups is 3. The molecule has 0 fully saturated rings. The van der Waals surface area contributed by atoms with E-state index in [9.17, 15) is 18.8 Å². The molecule has 9 nitrogen and oxygen atoms in total. The highest BCUT2D eigenvalue weighted by molar-refractivity contribution is 6.08. The number of nitrogens with two attached hydrogens (primary N) is 1. The van der Waals surface area contributed by atoms with E-state index in [1.54, 1.807) is 49.6 Å². The summed E-state index contributed by atoms with van der Waals surface area (Å²) in [5, 5.41) is 5.61. The smallest absolute Gasteiger partial charge is 0.312 e. The molecular formula is C37H40FN5O4. The molecule has 244 valence electrons. The Morgan fingerprint density at radius 2 is 1.72 bits per heavy atom. The van der Waals surface area contributed by atoms with Gasteiger partial charge in [0, 0.05) is 41.2 Å². The van der Waals surface area contributed by atoms with Crippen LogP contribution in [0.5, 0.6) is 5.75 Å². The Morgan fingerprint density at radius 1 is 1.00 bits per heavy atom. The third kappa shape index (κ3) is 8.19. The summed E-state index contributed by atoms with van der Waals surface area (Å²) in [5.74, 6) is 2.18. The Labute approximate surface area is 274 Å². The molecule has 1 aromatic heterocycles. The zero-order chi connectivity index (χ0) is 34.1. The van der Waals surface area contributed by atoms with E-state index in [0.29, 0.717) is 33.9 Å². The number of aryl methyl sites for hydroxylation is 3. The maximum atomic E-state index is 14.8. The summed E-state index contributed by atoms with van der Waals surface area (Å²) >= 11 is 0. The van der Waals surface area contributed by atoms with Crippen molar-refractivity contribution in [3.63, 3.8) is 0 Å². The molecule has 0 radical (unpaired) electrons. The van der Waals surface area contributed by atoms with Gasteiger partial charge in [-0.2, -0.15) is 0 Å². The molecule has 0 aliphatic rings. The van der Waals surface area contributed by atoms with Crippen LogP contribution in [0.1, 0.15) is 39.7 Å². The molecular weight excluding hydrogens is 597 g/mol. The quantitative estimate of drug-likeness (QED) is 0.166. The fraction of sp³-hybridized carbons (Fsp3) is 0.270. The van der Waals surface area contributed by atoms with Gasteiger partial charge in [-0.3, -0.25) is 18.9 Å². The molecule has 0 saturated heterocycles. The number of alkyl halides is 1. The van der Waals surface area contributed by atoms with E-state index in [2.05, 4.69) is 16.6 Å². The van der Waals surface area contributed by atoms with Crippen molar-refractivity contribution in [2.45, 2.75) is 52.2 Å². The number of hydrogen-bond acceptors (Lipinski definition) is 4. The predicted molar refractivity (Wildman–Crippen MR) is 182 cm³/mol. The van der Waals surface area contributed by atoms with Crippen molar-refractivity contribution in [2.75, 3.05) is 24.0 Å². The molecule has 4 aromatic rings. The van der Waals surface area contributed by atoms with Crippen molar-refractivity contribution >= 4 is 29.2 Å². The Bertz CT molecular complexity index is 1780. The van der Waals surface area contributed by atoms with Crippen LogP contribution in [0, 0.1) is 33.1 Å². The van der Waals surface area contributed by atoms with Crippen LogP contribution in [0.25, 0.3) is 0 Å². The average molecular weight is 638 g/mol. The van der Waals surface area contributed by atoms with Crippen molar-refractivity contribution in [1.29, 1.82) is 0 Å². The van der Waals surface area contributed by atoms with E-state index in [1.165, 1.54) is 4.90 Å². The lowest BCUT2D eigenvalue weighted by Gasteiger charge is -2.34. The van der Waals surface area contributed by atoms with E-state index in [1.807, 2.05) is 61.7 Å². The first-order chi connectivity index (χ1) is 22.6. The summed E-state index contributed by atoms with van der Waals surface area (Å²) in [6.07, 6.45) is 5.90.